The van der Waals surface area contributed by atoms with E-state index in [1.165, 1.54) is 11.3 Å². The number of carbonyl (C=O) groups is 2. The summed E-state index contributed by atoms with van der Waals surface area (Å²) in [7, 11) is 0. The lowest BCUT2D eigenvalue weighted by Gasteiger charge is -2.08. The summed E-state index contributed by atoms with van der Waals surface area (Å²) in [6.45, 7) is 0. The minimum Gasteiger partial charge on any atom is -0.326 e. The predicted molar refractivity (Wildman–Crippen MR) is 119 cm³/mol. The molecule has 2 amide bonds. The molecule has 6 nitrogen and oxygen atoms in total. The first-order valence-corrected chi connectivity index (χ1v) is 10.2. The van der Waals surface area contributed by atoms with Crippen molar-refractivity contribution >= 4 is 34.5 Å². The Kier molecular flexibility index (Phi) is 5.91. The minimum atomic E-state index is -0.239. The number of aromatic nitrogens is 2. The van der Waals surface area contributed by atoms with Gasteiger partial charge in [-0.05, 0) is 30.3 Å². The van der Waals surface area contributed by atoms with Crippen molar-refractivity contribution < 1.29 is 9.59 Å². The van der Waals surface area contributed by atoms with Gasteiger partial charge in [-0.1, -0.05) is 36.4 Å². The number of hydrogen-bond acceptors (Lipinski definition) is 5. The average Bonchev–Trinajstić information content (AvgIpc) is 3.23. The van der Waals surface area contributed by atoms with Crippen molar-refractivity contribution in [2.75, 3.05) is 10.6 Å². The van der Waals surface area contributed by atoms with E-state index >= 15 is 0 Å². The van der Waals surface area contributed by atoms with Crippen LogP contribution in [0.15, 0.2) is 84.5 Å². The summed E-state index contributed by atoms with van der Waals surface area (Å²) in [5.74, 6) is -0.408. The molecule has 2 aromatic carbocycles. The van der Waals surface area contributed by atoms with Crippen LogP contribution in [0.5, 0.6) is 0 Å². The van der Waals surface area contributed by atoms with Crippen molar-refractivity contribution in [3.05, 3.63) is 95.8 Å². The molecule has 0 fully saturated rings. The number of pyridine rings is 1. The first kappa shape index (κ1) is 19.5. The second-order valence-electron chi connectivity index (χ2n) is 6.51. The van der Waals surface area contributed by atoms with Crippen LogP contribution in [0.4, 0.5) is 11.4 Å². The summed E-state index contributed by atoms with van der Waals surface area (Å²) in [6.07, 6.45) is 3.30. The van der Waals surface area contributed by atoms with E-state index in [0.717, 1.165) is 16.3 Å². The van der Waals surface area contributed by atoms with Crippen molar-refractivity contribution in [3.63, 3.8) is 0 Å². The number of nitrogens with zero attached hydrogens (tertiary/aromatic N) is 2. The van der Waals surface area contributed by atoms with Crippen LogP contribution in [0.3, 0.4) is 0 Å². The normalized spacial score (nSPS) is 10.4. The number of anilines is 2. The van der Waals surface area contributed by atoms with E-state index in [4.69, 9.17) is 0 Å². The quantitative estimate of drug-likeness (QED) is 0.481. The van der Waals surface area contributed by atoms with Gasteiger partial charge in [0.1, 0.15) is 5.01 Å². The molecule has 0 unspecified atom stereocenters. The monoisotopic (exact) mass is 414 g/mol. The van der Waals surface area contributed by atoms with Crippen molar-refractivity contribution in [2.24, 2.45) is 0 Å². The number of thiazole rings is 1. The fourth-order valence-electron chi connectivity index (χ4n) is 2.85. The topological polar surface area (TPSA) is 84.0 Å². The first-order valence-electron chi connectivity index (χ1n) is 9.28. The Hall–Kier alpha value is -3.84. The van der Waals surface area contributed by atoms with Gasteiger partial charge in [-0.2, -0.15) is 0 Å². The third kappa shape index (κ3) is 4.95. The maximum atomic E-state index is 12.4. The molecule has 2 N–H and O–H groups in total. The summed E-state index contributed by atoms with van der Waals surface area (Å²) in [4.78, 5) is 33.2. The molecule has 0 aliphatic carbocycles. The standard InChI is InChI=1S/C23H18N4O2S/c28-21(14-20-15-30-23(27-20)17-5-2-1-3-6-17)25-18-7-4-8-19(13-18)26-22(29)16-9-11-24-12-10-16/h1-13,15H,14H2,(H,25,28)(H,26,29). The molecule has 4 rings (SSSR count). The molecule has 2 aromatic heterocycles. The molecular weight excluding hydrogens is 396 g/mol. The molecule has 0 saturated carbocycles. The lowest BCUT2D eigenvalue weighted by molar-refractivity contribution is -0.115. The Morgan fingerprint density at radius 1 is 0.867 bits per heavy atom. The molecule has 4 aromatic rings. The van der Waals surface area contributed by atoms with Gasteiger partial charge >= 0.3 is 0 Å². The number of benzene rings is 2. The Balaban J connectivity index is 1.37. The van der Waals surface area contributed by atoms with Gasteiger partial charge in [0, 0.05) is 40.3 Å². The fraction of sp³-hybridized carbons (Fsp3) is 0.0435. The summed E-state index contributed by atoms with van der Waals surface area (Å²) < 4.78 is 0. The Bertz CT molecular complexity index is 1160. The Morgan fingerprint density at radius 2 is 1.60 bits per heavy atom. The molecule has 0 aliphatic heterocycles. The summed E-state index contributed by atoms with van der Waals surface area (Å²) >= 11 is 1.52. The van der Waals surface area contributed by atoms with E-state index in [9.17, 15) is 9.59 Å². The van der Waals surface area contributed by atoms with Crippen LogP contribution in [-0.2, 0) is 11.2 Å². The zero-order chi connectivity index (χ0) is 20.8. The number of rotatable bonds is 6. The second kappa shape index (κ2) is 9.11. The van der Waals surface area contributed by atoms with E-state index in [1.54, 1.807) is 48.8 Å². The zero-order valence-corrected chi connectivity index (χ0v) is 16.7. The maximum absolute atomic E-state index is 12.4. The summed E-state index contributed by atoms with van der Waals surface area (Å²) in [5, 5.41) is 8.46. The Labute approximate surface area is 177 Å². The van der Waals surface area contributed by atoms with Gasteiger partial charge in [0.2, 0.25) is 5.91 Å². The van der Waals surface area contributed by atoms with E-state index in [0.29, 0.717) is 16.9 Å². The zero-order valence-electron chi connectivity index (χ0n) is 15.9. The highest BCUT2D eigenvalue weighted by molar-refractivity contribution is 7.13. The van der Waals surface area contributed by atoms with E-state index in [-0.39, 0.29) is 18.2 Å². The van der Waals surface area contributed by atoms with Gasteiger partial charge in [0.05, 0.1) is 12.1 Å². The highest BCUT2D eigenvalue weighted by Crippen LogP contribution is 2.24. The smallest absolute Gasteiger partial charge is 0.255 e. The van der Waals surface area contributed by atoms with E-state index in [2.05, 4.69) is 20.6 Å². The highest BCUT2D eigenvalue weighted by atomic mass is 32.1. The minimum absolute atomic E-state index is 0.169. The molecule has 0 radical (unpaired) electrons. The lowest BCUT2D eigenvalue weighted by atomic mass is 10.2. The molecule has 7 heteroatoms. The number of hydrogen-bond donors (Lipinski definition) is 2. The molecule has 0 spiro atoms. The van der Waals surface area contributed by atoms with Gasteiger partial charge in [0.25, 0.3) is 5.91 Å². The second-order valence-corrected chi connectivity index (χ2v) is 7.36. The van der Waals surface area contributed by atoms with E-state index in [1.807, 2.05) is 35.7 Å². The third-order valence-corrected chi connectivity index (χ3v) is 5.20. The molecular formula is C23H18N4O2S. The summed E-state index contributed by atoms with van der Waals surface area (Å²) in [6, 6.07) is 20.2. The lowest BCUT2D eigenvalue weighted by Crippen LogP contribution is -2.15. The fourth-order valence-corrected chi connectivity index (χ4v) is 3.68. The number of nitrogens with one attached hydrogen (secondary N) is 2. The largest absolute Gasteiger partial charge is 0.326 e. The van der Waals surface area contributed by atoms with Crippen LogP contribution in [0.1, 0.15) is 16.1 Å². The van der Waals surface area contributed by atoms with Crippen LogP contribution in [-0.4, -0.2) is 21.8 Å². The molecule has 0 saturated heterocycles. The predicted octanol–water partition coefficient (Wildman–Crippen LogP) is 4.64. The van der Waals surface area contributed by atoms with Gasteiger partial charge in [-0.15, -0.1) is 11.3 Å². The van der Waals surface area contributed by atoms with Gasteiger partial charge in [-0.25, -0.2) is 4.98 Å². The number of carbonyl (C=O) groups excluding carboxylic acids is 2. The highest BCUT2D eigenvalue weighted by Gasteiger charge is 2.10. The van der Waals surface area contributed by atoms with Gasteiger partial charge in [-0.3, -0.25) is 14.6 Å². The molecule has 0 aliphatic rings. The SMILES string of the molecule is O=C(Cc1csc(-c2ccccc2)n1)Nc1cccc(NC(=O)c2ccncc2)c1. The van der Waals surface area contributed by atoms with Crippen molar-refractivity contribution in [3.8, 4) is 10.6 Å². The van der Waals surface area contributed by atoms with Gasteiger partial charge < -0.3 is 10.6 Å². The average molecular weight is 414 g/mol. The van der Waals surface area contributed by atoms with Crippen molar-refractivity contribution in [1.29, 1.82) is 0 Å². The molecule has 0 atom stereocenters. The van der Waals surface area contributed by atoms with Crippen LogP contribution in [0, 0.1) is 0 Å². The molecule has 0 bridgehead atoms. The molecule has 30 heavy (non-hydrogen) atoms. The van der Waals surface area contributed by atoms with Crippen LogP contribution in [0.25, 0.3) is 10.6 Å². The summed E-state index contributed by atoms with van der Waals surface area (Å²) in [5.41, 5.74) is 3.46. The molecule has 2 heterocycles. The first-order chi connectivity index (χ1) is 14.7. The molecule has 148 valence electrons. The Morgan fingerprint density at radius 3 is 2.37 bits per heavy atom. The van der Waals surface area contributed by atoms with Gasteiger partial charge in [0.15, 0.2) is 0 Å². The maximum Gasteiger partial charge on any atom is 0.255 e. The van der Waals surface area contributed by atoms with Crippen LogP contribution in [0.2, 0.25) is 0 Å². The van der Waals surface area contributed by atoms with Crippen LogP contribution < -0.4 is 10.6 Å². The van der Waals surface area contributed by atoms with Crippen molar-refractivity contribution in [1.82, 2.24) is 9.97 Å². The third-order valence-electron chi connectivity index (χ3n) is 4.26. The van der Waals surface area contributed by atoms with E-state index < -0.39 is 0 Å². The van der Waals surface area contributed by atoms with Crippen molar-refractivity contribution in [2.45, 2.75) is 6.42 Å². The van der Waals surface area contributed by atoms with Crippen LogP contribution >= 0.6 is 11.3 Å². The number of amides is 2.